The molecule has 0 amide bonds. The van der Waals surface area contributed by atoms with E-state index in [1.807, 2.05) is 6.07 Å². The van der Waals surface area contributed by atoms with Gasteiger partial charge in [-0.1, -0.05) is 31.3 Å². The van der Waals surface area contributed by atoms with Gasteiger partial charge >= 0.3 is 0 Å². The van der Waals surface area contributed by atoms with Gasteiger partial charge in [-0.15, -0.1) is 0 Å². The van der Waals surface area contributed by atoms with Gasteiger partial charge in [0.15, 0.2) is 0 Å². The summed E-state index contributed by atoms with van der Waals surface area (Å²) in [6.07, 6.45) is 3.94. The molecule has 0 saturated carbocycles. The van der Waals surface area contributed by atoms with E-state index < -0.39 is 0 Å². The van der Waals surface area contributed by atoms with Crippen LogP contribution in [0.5, 0.6) is 5.75 Å². The molecular weight excluding hydrogens is 262 g/mol. The molecule has 1 aliphatic heterocycles. The Kier molecular flexibility index (Phi) is 6.10. The first-order chi connectivity index (χ1) is 10.3. The van der Waals surface area contributed by atoms with Gasteiger partial charge in [-0.05, 0) is 43.0 Å². The highest BCUT2D eigenvalue weighted by molar-refractivity contribution is 5.48. The van der Waals surface area contributed by atoms with Gasteiger partial charge in [0.2, 0.25) is 0 Å². The first-order valence-corrected chi connectivity index (χ1v) is 7.75. The van der Waals surface area contributed by atoms with Crippen molar-refractivity contribution in [1.82, 2.24) is 4.90 Å². The van der Waals surface area contributed by atoms with Crippen molar-refractivity contribution in [2.45, 2.75) is 32.7 Å². The van der Waals surface area contributed by atoms with Crippen LogP contribution < -0.4 is 4.74 Å². The quantitative estimate of drug-likeness (QED) is 0.845. The van der Waals surface area contributed by atoms with E-state index in [9.17, 15) is 0 Å². The summed E-state index contributed by atoms with van der Waals surface area (Å²) in [7, 11) is 1.65. The van der Waals surface area contributed by atoms with Crippen LogP contribution in [0.1, 0.15) is 37.3 Å². The molecule has 0 radical (unpaired) electrons. The van der Waals surface area contributed by atoms with Crippen LogP contribution in [0.15, 0.2) is 18.2 Å². The van der Waals surface area contributed by atoms with Crippen LogP contribution in [-0.4, -0.2) is 36.8 Å². The summed E-state index contributed by atoms with van der Waals surface area (Å²) in [5.74, 6) is 7.29. The van der Waals surface area contributed by atoms with Crippen molar-refractivity contribution >= 4 is 0 Å². The zero-order chi connectivity index (χ0) is 15.1. The molecular formula is C18H25NO2. The molecule has 1 aliphatic rings. The van der Waals surface area contributed by atoms with E-state index in [0.29, 0.717) is 0 Å². The number of hydrogen-bond acceptors (Lipinski definition) is 3. The maximum Gasteiger partial charge on any atom is 0.134 e. The second-order valence-electron chi connectivity index (χ2n) is 5.67. The third-order valence-corrected chi connectivity index (χ3v) is 4.04. The number of ether oxygens (including phenoxy) is 1. The number of methoxy groups -OCH3 is 1. The van der Waals surface area contributed by atoms with Crippen LogP contribution in [0.3, 0.4) is 0 Å². The summed E-state index contributed by atoms with van der Waals surface area (Å²) in [6, 6.07) is 6.15. The molecule has 3 heteroatoms. The lowest BCUT2D eigenvalue weighted by Gasteiger charge is -2.16. The number of rotatable bonds is 5. The van der Waals surface area contributed by atoms with Gasteiger partial charge in [0, 0.05) is 13.1 Å². The van der Waals surface area contributed by atoms with E-state index in [1.54, 1.807) is 7.11 Å². The summed E-state index contributed by atoms with van der Waals surface area (Å²) >= 11 is 0. The standard InChI is InChI=1S/C18H25NO2/c1-3-5-15-9-10-19(13-15)14-16-7-8-18(21-2)17(12-16)6-4-11-20/h7-8,12,15,20H,3,5,9-11,13-14H2,1-2H3. The Morgan fingerprint density at radius 1 is 1.43 bits per heavy atom. The van der Waals surface area contributed by atoms with Crippen LogP contribution >= 0.6 is 0 Å². The second-order valence-corrected chi connectivity index (χ2v) is 5.67. The molecule has 0 bridgehead atoms. The Morgan fingerprint density at radius 2 is 2.29 bits per heavy atom. The van der Waals surface area contributed by atoms with Crippen LogP contribution in [0.25, 0.3) is 0 Å². The minimum atomic E-state index is -0.127. The molecule has 2 rings (SSSR count). The lowest BCUT2D eigenvalue weighted by molar-refractivity contribution is 0.312. The highest BCUT2D eigenvalue weighted by Crippen LogP contribution is 2.24. The smallest absolute Gasteiger partial charge is 0.134 e. The Hall–Kier alpha value is -1.50. The number of aliphatic hydroxyl groups excluding tert-OH is 1. The van der Waals surface area contributed by atoms with Crippen LogP contribution in [0.4, 0.5) is 0 Å². The van der Waals surface area contributed by atoms with Crippen molar-refractivity contribution in [3.8, 4) is 17.6 Å². The Morgan fingerprint density at radius 3 is 3.00 bits per heavy atom. The zero-order valence-corrected chi connectivity index (χ0v) is 13.1. The molecule has 1 unspecified atom stereocenters. The van der Waals surface area contributed by atoms with Gasteiger partial charge in [-0.2, -0.15) is 0 Å². The van der Waals surface area contributed by atoms with Crippen molar-refractivity contribution in [3.05, 3.63) is 29.3 Å². The summed E-state index contributed by atoms with van der Waals surface area (Å²) < 4.78 is 5.32. The molecule has 1 aromatic carbocycles. The average molecular weight is 287 g/mol. The molecule has 0 aliphatic carbocycles. The summed E-state index contributed by atoms with van der Waals surface area (Å²) in [4.78, 5) is 2.52. The molecule has 1 saturated heterocycles. The maximum absolute atomic E-state index is 8.85. The monoisotopic (exact) mass is 287 g/mol. The van der Waals surface area contributed by atoms with E-state index >= 15 is 0 Å². The fourth-order valence-corrected chi connectivity index (χ4v) is 3.04. The van der Waals surface area contributed by atoms with E-state index in [-0.39, 0.29) is 6.61 Å². The molecule has 1 aromatic rings. The first kappa shape index (κ1) is 15.9. The van der Waals surface area contributed by atoms with Gasteiger partial charge in [-0.3, -0.25) is 4.90 Å². The lowest BCUT2D eigenvalue weighted by Crippen LogP contribution is -2.20. The number of aliphatic hydroxyl groups is 1. The molecule has 1 heterocycles. The Balaban J connectivity index is 2.04. The van der Waals surface area contributed by atoms with Crippen LogP contribution in [0.2, 0.25) is 0 Å². The summed E-state index contributed by atoms with van der Waals surface area (Å²) in [6.45, 7) is 5.50. The number of likely N-dealkylation sites (tertiary alicyclic amines) is 1. The Bertz CT molecular complexity index is 516. The minimum Gasteiger partial charge on any atom is -0.495 e. The zero-order valence-electron chi connectivity index (χ0n) is 13.1. The van der Waals surface area contributed by atoms with Crippen molar-refractivity contribution < 1.29 is 9.84 Å². The largest absolute Gasteiger partial charge is 0.495 e. The van der Waals surface area contributed by atoms with Gasteiger partial charge in [0.25, 0.3) is 0 Å². The molecule has 0 aromatic heterocycles. The van der Waals surface area contributed by atoms with Crippen molar-refractivity contribution in [2.24, 2.45) is 5.92 Å². The van der Waals surface area contributed by atoms with Gasteiger partial charge in [0.05, 0.1) is 12.7 Å². The maximum atomic E-state index is 8.85. The fourth-order valence-electron chi connectivity index (χ4n) is 3.04. The van der Waals surface area contributed by atoms with E-state index in [1.165, 1.54) is 37.9 Å². The van der Waals surface area contributed by atoms with E-state index in [4.69, 9.17) is 9.84 Å². The van der Waals surface area contributed by atoms with Gasteiger partial charge in [0.1, 0.15) is 12.4 Å². The van der Waals surface area contributed by atoms with Gasteiger partial charge < -0.3 is 9.84 Å². The van der Waals surface area contributed by atoms with Crippen molar-refractivity contribution in [3.63, 3.8) is 0 Å². The molecule has 114 valence electrons. The molecule has 1 N–H and O–H groups in total. The predicted molar refractivity (Wildman–Crippen MR) is 85.2 cm³/mol. The van der Waals surface area contributed by atoms with Crippen LogP contribution in [-0.2, 0) is 6.54 Å². The SMILES string of the molecule is CCCC1CCN(Cc2ccc(OC)c(C#CCO)c2)C1. The minimum absolute atomic E-state index is 0.127. The molecule has 1 fully saturated rings. The van der Waals surface area contributed by atoms with E-state index in [2.05, 4.69) is 35.8 Å². The summed E-state index contributed by atoms with van der Waals surface area (Å²) in [5.41, 5.74) is 2.11. The molecule has 1 atom stereocenters. The topological polar surface area (TPSA) is 32.7 Å². The fraction of sp³-hybridized carbons (Fsp3) is 0.556. The highest BCUT2D eigenvalue weighted by Gasteiger charge is 2.21. The van der Waals surface area contributed by atoms with E-state index in [0.717, 1.165) is 23.8 Å². The Labute approximate surface area is 127 Å². The first-order valence-electron chi connectivity index (χ1n) is 7.75. The number of hydrogen-bond donors (Lipinski definition) is 1. The van der Waals surface area contributed by atoms with Crippen molar-refractivity contribution in [2.75, 3.05) is 26.8 Å². The normalized spacial score (nSPS) is 18.3. The number of benzene rings is 1. The lowest BCUT2D eigenvalue weighted by atomic mass is 10.0. The average Bonchev–Trinajstić information content (AvgIpc) is 2.93. The van der Waals surface area contributed by atoms with Crippen molar-refractivity contribution in [1.29, 1.82) is 0 Å². The summed E-state index contributed by atoms with van der Waals surface area (Å²) in [5, 5.41) is 8.85. The molecule has 0 spiro atoms. The second kappa shape index (κ2) is 8.07. The highest BCUT2D eigenvalue weighted by atomic mass is 16.5. The van der Waals surface area contributed by atoms with Crippen LogP contribution in [0, 0.1) is 17.8 Å². The molecule has 21 heavy (non-hydrogen) atoms. The third-order valence-electron chi connectivity index (χ3n) is 4.04. The molecule has 3 nitrogen and oxygen atoms in total. The van der Waals surface area contributed by atoms with Gasteiger partial charge in [-0.25, -0.2) is 0 Å². The predicted octanol–water partition coefficient (Wildman–Crippen LogP) is 2.66. The number of nitrogens with zero attached hydrogens (tertiary/aromatic N) is 1. The third kappa shape index (κ3) is 4.49.